The highest BCUT2D eigenvalue weighted by Gasteiger charge is 2.33. The van der Waals surface area contributed by atoms with Crippen LogP contribution in [0.15, 0.2) is 0 Å². The molecule has 0 spiro atoms. The Morgan fingerprint density at radius 2 is 2.05 bits per heavy atom. The molecule has 118 valence electrons. The molecule has 0 radical (unpaired) electrons. The lowest BCUT2D eigenvalue weighted by molar-refractivity contribution is 0.00710. The molecule has 0 aromatic rings. The first kappa shape index (κ1) is 17.3. The van der Waals surface area contributed by atoms with Gasteiger partial charge in [-0.25, -0.2) is 4.79 Å². The van der Waals surface area contributed by atoms with Crippen LogP contribution in [0.25, 0.3) is 0 Å². The van der Waals surface area contributed by atoms with E-state index in [9.17, 15) is 4.79 Å². The minimum atomic E-state index is -0.418. The highest BCUT2D eigenvalue weighted by Crippen LogP contribution is 2.20. The molecule has 0 aromatic carbocycles. The first-order valence-electron chi connectivity index (χ1n) is 8.08. The van der Waals surface area contributed by atoms with Crippen LogP contribution in [0.3, 0.4) is 0 Å². The van der Waals surface area contributed by atoms with Crippen LogP contribution in [0, 0.1) is 0 Å². The average molecular weight is 284 g/mol. The normalized spacial score (nSPS) is 23.8. The van der Waals surface area contributed by atoms with Crippen LogP contribution in [0.2, 0.25) is 0 Å². The van der Waals surface area contributed by atoms with Crippen molar-refractivity contribution in [3.05, 3.63) is 0 Å². The van der Waals surface area contributed by atoms with Gasteiger partial charge in [0, 0.05) is 18.6 Å². The first-order valence-corrected chi connectivity index (χ1v) is 8.08. The molecule has 1 aliphatic rings. The number of hydrogen-bond donors (Lipinski definition) is 1. The number of amides is 1. The fourth-order valence-corrected chi connectivity index (χ4v) is 2.66. The molecule has 4 heteroatoms. The minimum absolute atomic E-state index is 0.176. The van der Waals surface area contributed by atoms with E-state index in [1.165, 1.54) is 19.3 Å². The number of piperidine rings is 1. The lowest BCUT2D eigenvalue weighted by atomic mass is 9.97. The van der Waals surface area contributed by atoms with Gasteiger partial charge >= 0.3 is 6.09 Å². The molecule has 20 heavy (non-hydrogen) atoms. The molecule has 2 atom stereocenters. The van der Waals surface area contributed by atoms with Gasteiger partial charge in [-0.05, 0) is 53.5 Å². The zero-order valence-corrected chi connectivity index (χ0v) is 13.9. The van der Waals surface area contributed by atoms with Gasteiger partial charge in [0.25, 0.3) is 0 Å². The van der Waals surface area contributed by atoms with Crippen molar-refractivity contribution in [3.63, 3.8) is 0 Å². The molecule has 2 unspecified atom stereocenters. The summed E-state index contributed by atoms with van der Waals surface area (Å²) in [5, 5.41) is 3.60. The second-order valence-electron chi connectivity index (χ2n) is 6.82. The zero-order valence-electron chi connectivity index (χ0n) is 13.9. The van der Waals surface area contributed by atoms with E-state index in [-0.39, 0.29) is 12.1 Å². The molecule has 1 saturated heterocycles. The van der Waals surface area contributed by atoms with Crippen molar-refractivity contribution in [1.29, 1.82) is 0 Å². The number of nitrogens with zero attached hydrogens (tertiary/aromatic N) is 1. The molecule has 0 saturated carbocycles. The van der Waals surface area contributed by atoms with Crippen molar-refractivity contribution < 1.29 is 9.53 Å². The van der Waals surface area contributed by atoms with E-state index in [1.807, 2.05) is 25.7 Å². The monoisotopic (exact) mass is 284 g/mol. The topological polar surface area (TPSA) is 41.6 Å². The molecule has 0 bridgehead atoms. The average Bonchev–Trinajstić information content (AvgIpc) is 2.34. The van der Waals surface area contributed by atoms with Crippen LogP contribution in [0.4, 0.5) is 4.79 Å². The van der Waals surface area contributed by atoms with Crippen LogP contribution in [-0.2, 0) is 4.74 Å². The highest BCUT2D eigenvalue weighted by atomic mass is 16.6. The maximum absolute atomic E-state index is 12.2. The molecule has 1 fully saturated rings. The fraction of sp³-hybridized carbons (Fsp3) is 0.938. The summed E-state index contributed by atoms with van der Waals surface area (Å²) in [4.78, 5) is 14.1. The van der Waals surface area contributed by atoms with Gasteiger partial charge < -0.3 is 15.0 Å². The Labute approximate surface area is 124 Å². The summed E-state index contributed by atoms with van der Waals surface area (Å²) in [7, 11) is 0. The van der Waals surface area contributed by atoms with Crippen molar-refractivity contribution in [2.24, 2.45) is 0 Å². The second kappa shape index (κ2) is 7.87. The maximum Gasteiger partial charge on any atom is 0.410 e. The van der Waals surface area contributed by atoms with Crippen LogP contribution in [0.1, 0.15) is 66.7 Å². The Bertz CT molecular complexity index is 299. The third-order valence-corrected chi connectivity index (χ3v) is 3.80. The van der Waals surface area contributed by atoms with Gasteiger partial charge in [-0.3, -0.25) is 0 Å². The molecule has 1 N–H and O–H groups in total. The Morgan fingerprint density at radius 3 is 2.65 bits per heavy atom. The molecule has 0 aliphatic carbocycles. The smallest absolute Gasteiger partial charge is 0.410 e. The summed E-state index contributed by atoms with van der Waals surface area (Å²) in [6.07, 6.45) is 5.74. The Morgan fingerprint density at radius 1 is 1.35 bits per heavy atom. The number of rotatable bonds is 5. The molecular formula is C16H32N2O2. The summed E-state index contributed by atoms with van der Waals surface area (Å²) in [6.45, 7) is 11.9. The van der Waals surface area contributed by atoms with Gasteiger partial charge in [0.05, 0.1) is 0 Å². The molecular weight excluding hydrogens is 252 g/mol. The Hall–Kier alpha value is -0.770. The number of ether oxygens (including phenoxy) is 1. The quantitative estimate of drug-likeness (QED) is 0.785. The third kappa shape index (κ3) is 5.70. The summed E-state index contributed by atoms with van der Waals surface area (Å²) in [5.41, 5.74) is -0.418. The number of hydrogen-bond acceptors (Lipinski definition) is 3. The van der Waals surface area contributed by atoms with Crippen LogP contribution in [0.5, 0.6) is 0 Å². The van der Waals surface area contributed by atoms with Crippen LogP contribution < -0.4 is 5.32 Å². The van der Waals surface area contributed by atoms with Crippen molar-refractivity contribution in [2.45, 2.75) is 84.4 Å². The number of carbonyl (C=O) groups is 1. The molecule has 1 rings (SSSR count). The van der Waals surface area contributed by atoms with E-state index in [0.717, 1.165) is 25.9 Å². The lowest BCUT2D eigenvalue weighted by Gasteiger charge is -2.40. The first-order chi connectivity index (χ1) is 9.35. The van der Waals surface area contributed by atoms with E-state index in [4.69, 9.17) is 4.74 Å². The Balaban J connectivity index is 2.46. The summed E-state index contributed by atoms with van der Waals surface area (Å²) in [6, 6.07) is 0.605. The number of likely N-dealkylation sites (tertiary alicyclic amines) is 1. The van der Waals surface area contributed by atoms with Gasteiger partial charge in [0.2, 0.25) is 0 Å². The highest BCUT2D eigenvalue weighted by molar-refractivity contribution is 5.68. The largest absolute Gasteiger partial charge is 0.444 e. The van der Waals surface area contributed by atoms with Gasteiger partial charge in [0.15, 0.2) is 0 Å². The van der Waals surface area contributed by atoms with Crippen molar-refractivity contribution in [3.8, 4) is 0 Å². The molecule has 0 aromatic heterocycles. The van der Waals surface area contributed by atoms with E-state index in [0.29, 0.717) is 6.04 Å². The number of carbonyl (C=O) groups excluding carboxylic acids is 1. The van der Waals surface area contributed by atoms with Crippen LogP contribution in [-0.4, -0.2) is 41.8 Å². The predicted molar refractivity (Wildman–Crippen MR) is 83.0 cm³/mol. The van der Waals surface area contributed by atoms with Crippen molar-refractivity contribution in [2.75, 3.05) is 13.1 Å². The molecule has 1 aliphatic heterocycles. The van der Waals surface area contributed by atoms with Gasteiger partial charge in [-0.15, -0.1) is 0 Å². The Kier molecular flexibility index (Phi) is 6.80. The van der Waals surface area contributed by atoms with E-state index in [2.05, 4.69) is 19.2 Å². The summed E-state index contributed by atoms with van der Waals surface area (Å²) in [5.74, 6) is 0. The van der Waals surface area contributed by atoms with E-state index in [1.54, 1.807) is 0 Å². The van der Waals surface area contributed by atoms with Gasteiger partial charge in [0.1, 0.15) is 5.60 Å². The number of unbranched alkanes of at least 4 members (excludes halogenated alkanes) is 2. The van der Waals surface area contributed by atoms with Crippen LogP contribution >= 0.6 is 0 Å². The molecule has 1 heterocycles. The lowest BCUT2D eigenvalue weighted by Crippen LogP contribution is -2.55. The SMILES string of the molecule is CCCCCNC1CCCN(C(=O)OC(C)(C)C)C1C. The molecule has 1 amide bonds. The van der Waals surface area contributed by atoms with E-state index < -0.39 is 5.60 Å². The maximum atomic E-state index is 12.2. The zero-order chi connectivity index (χ0) is 15.2. The molecule has 4 nitrogen and oxygen atoms in total. The summed E-state index contributed by atoms with van der Waals surface area (Å²) < 4.78 is 5.50. The third-order valence-electron chi connectivity index (χ3n) is 3.80. The van der Waals surface area contributed by atoms with Gasteiger partial charge in [-0.2, -0.15) is 0 Å². The number of nitrogens with one attached hydrogen (secondary N) is 1. The van der Waals surface area contributed by atoms with Crippen molar-refractivity contribution in [1.82, 2.24) is 10.2 Å². The van der Waals surface area contributed by atoms with Crippen molar-refractivity contribution >= 4 is 6.09 Å². The minimum Gasteiger partial charge on any atom is -0.444 e. The standard InChI is InChI=1S/C16H32N2O2/c1-6-7-8-11-17-14-10-9-12-18(13(14)2)15(19)20-16(3,4)5/h13-14,17H,6-12H2,1-5H3. The predicted octanol–water partition coefficient (Wildman–Crippen LogP) is 3.55. The van der Waals surface area contributed by atoms with Gasteiger partial charge in [-0.1, -0.05) is 19.8 Å². The second-order valence-corrected chi connectivity index (χ2v) is 6.82. The van der Waals surface area contributed by atoms with E-state index >= 15 is 0 Å². The summed E-state index contributed by atoms with van der Waals surface area (Å²) >= 11 is 0. The fourth-order valence-electron chi connectivity index (χ4n) is 2.66.